The zero-order valence-electron chi connectivity index (χ0n) is 15.4. The molecular formula is C21H20ClNO3S2. The van der Waals surface area contributed by atoms with Crippen molar-refractivity contribution in [3.05, 3.63) is 64.0 Å². The van der Waals surface area contributed by atoms with Gasteiger partial charge in [0.2, 0.25) is 0 Å². The summed E-state index contributed by atoms with van der Waals surface area (Å²) < 4.78 is 12.0. The molecule has 0 N–H and O–H groups in total. The van der Waals surface area contributed by atoms with E-state index in [1.165, 1.54) is 11.8 Å². The van der Waals surface area contributed by atoms with E-state index < -0.39 is 0 Å². The highest BCUT2D eigenvalue weighted by Crippen LogP contribution is 2.32. The number of likely N-dealkylation sites (N-methyl/N-ethyl adjacent to an activating group) is 1. The summed E-state index contributed by atoms with van der Waals surface area (Å²) >= 11 is 12.6. The van der Waals surface area contributed by atoms with Crippen LogP contribution in [-0.2, 0) is 4.79 Å². The molecule has 2 aromatic rings. The minimum atomic E-state index is -0.0312. The maximum Gasteiger partial charge on any atom is 0.266 e. The molecule has 3 rings (SSSR count). The lowest BCUT2D eigenvalue weighted by Crippen LogP contribution is -2.27. The fourth-order valence-corrected chi connectivity index (χ4v) is 4.15. The summed E-state index contributed by atoms with van der Waals surface area (Å²) in [4.78, 5) is 14.5. The zero-order chi connectivity index (χ0) is 19.9. The van der Waals surface area contributed by atoms with E-state index in [-0.39, 0.29) is 5.91 Å². The Kier molecular flexibility index (Phi) is 7.36. The Morgan fingerprint density at radius 3 is 2.50 bits per heavy atom. The van der Waals surface area contributed by atoms with E-state index in [0.29, 0.717) is 39.8 Å². The zero-order valence-corrected chi connectivity index (χ0v) is 17.8. The quantitative estimate of drug-likeness (QED) is 0.316. The minimum absolute atomic E-state index is 0.0312. The number of thioether (sulfide) groups is 1. The number of carbonyl (C=O) groups is 1. The summed E-state index contributed by atoms with van der Waals surface area (Å²) in [6.07, 6.45) is 2.60. The molecule has 1 fully saturated rings. The Labute approximate surface area is 179 Å². The number of hydrogen-bond donors (Lipinski definition) is 0. The lowest BCUT2D eigenvalue weighted by molar-refractivity contribution is -0.121. The number of para-hydroxylation sites is 1. The first-order valence-corrected chi connectivity index (χ1v) is 10.5. The van der Waals surface area contributed by atoms with Crippen LogP contribution >= 0.6 is 35.6 Å². The third kappa shape index (κ3) is 5.28. The molecule has 1 saturated heterocycles. The van der Waals surface area contributed by atoms with Gasteiger partial charge in [0.1, 0.15) is 15.8 Å². The topological polar surface area (TPSA) is 38.8 Å². The van der Waals surface area contributed by atoms with Crippen LogP contribution < -0.4 is 9.47 Å². The number of ether oxygens (including phenoxy) is 2. The highest BCUT2D eigenvalue weighted by molar-refractivity contribution is 8.26. The molecule has 0 spiro atoms. The number of hydrogen-bond acceptors (Lipinski definition) is 5. The standard InChI is InChI=1S/C21H20ClNO3S2/c1-2-23-20(24)19(28-21(23)27)14-15-8-10-16(11-9-15)25-12-5-13-26-18-7-4-3-6-17(18)22/h3-4,6-11,14H,2,5,12-13H2,1H3/b19-14-. The van der Waals surface area contributed by atoms with Crippen LogP contribution in [0.1, 0.15) is 18.9 Å². The summed E-state index contributed by atoms with van der Waals surface area (Å²) in [7, 11) is 0. The molecule has 1 heterocycles. The fourth-order valence-electron chi connectivity index (χ4n) is 2.58. The van der Waals surface area contributed by atoms with Crippen molar-refractivity contribution in [1.29, 1.82) is 0 Å². The molecule has 0 aliphatic carbocycles. The predicted octanol–water partition coefficient (Wildman–Crippen LogP) is 5.41. The second-order valence-electron chi connectivity index (χ2n) is 5.98. The Hall–Kier alpha value is -2.02. The SMILES string of the molecule is CCN1C(=O)/C(=C/c2ccc(OCCCOc3ccccc3Cl)cc2)SC1=S. The van der Waals surface area contributed by atoms with Crippen molar-refractivity contribution in [1.82, 2.24) is 4.90 Å². The third-order valence-corrected chi connectivity index (χ3v) is 5.71. The number of carbonyl (C=O) groups excluding carboxylic acids is 1. The van der Waals surface area contributed by atoms with Crippen LogP contribution in [0.2, 0.25) is 5.02 Å². The van der Waals surface area contributed by atoms with Crippen LogP contribution in [0.3, 0.4) is 0 Å². The van der Waals surface area contributed by atoms with Crippen LogP contribution in [0.25, 0.3) is 6.08 Å². The van der Waals surface area contributed by atoms with Gasteiger partial charge in [-0.1, -0.05) is 59.8 Å². The molecule has 0 unspecified atom stereocenters. The van der Waals surface area contributed by atoms with Crippen molar-refractivity contribution >= 4 is 51.9 Å². The number of halogens is 1. The van der Waals surface area contributed by atoms with E-state index in [9.17, 15) is 4.79 Å². The second-order valence-corrected chi connectivity index (χ2v) is 8.06. The van der Waals surface area contributed by atoms with E-state index in [4.69, 9.17) is 33.3 Å². The summed E-state index contributed by atoms with van der Waals surface area (Å²) in [6, 6.07) is 15.0. The smallest absolute Gasteiger partial charge is 0.266 e. The molecule has 0 radical (unpaired) electrons. The van der Waals surface area contributed by atoms with E-state index in [1.807, 2.05) is 55.5 Å². The van der Waals surface area contributed by atoms with Crippen molar-refractivity contribution in [3.8, 4) is 11.5 Å². The maximum atomic E-state index is 12.2. The van der Waals surface area contributed by atoms with Crippen molar-refractivity contribution in [2.24, 2.45) is 0 Å². The van der Waals surface area contributed by atoms with Crippen molar-refractivity contribution in [2.45, 2.75) is 13.3 Å². The molecule has 1 amide bonds. The largest absolute Gasteiger partial charge is 0.493 e. The first-order valence-electron chi connectivity index (χ1n) is 8.94. The molecule has 2 aromatic carbocycles. The van der Waals surface area contributed by atoms with Gasteiger partial charge in [-0.25, -0.2) is 0 Å². The fraction of sp³-hybridized carbons (Fsp3) is 0.238. The van der Waals surface area contributed by atoms with Gasteiger partial charge >= 0.3 is 0 Å². The van der Waals surface area contributed by atoms with Crippen LogP contribution in [-0.4, -0.2) is 34.9 Å². The molecule has 146 valence electrons. The molecule has 1 aliphatic rings. The molecule has 4 nitrogen and oxygen atoms in total. The minimum Gasteiger partial charge on any atom is -0.493 e. The Bertz CT molecular complexity index is 883. The van der Waals surface area contributed by atoms with E-state index in [2.05, 4.69) is 0 Å². The van der Waals surface area contributed by atoms with Gasteiger partial charge in [-0.2, -0.15) is 0 Å². The first-order chi connectivity index (χ1) is 13.6. The molecule has 0 saturated carbocycles. The van der Waals surface area contributed by atoms with Gasteiger partial charge in [-0.05, 0) is 42.8 Å². The van der Waals surface area contributed by atoms with Crippen molar-refractivity contribution < 1.29 is 14.3 Å². The van der Waals surface area contributed by atoms with Gasteiger partial charge in [0.25, 0.3) is 5.91 Å². The van der Waals surface area contributed by atoms with Crippen molar-refractivity contribution in [3.63, 3.8) is 0 Å². The molecule has 0 atom stereocenters. The lowest BCUT2D eigenvalue weighted by atomic mass is 10.2. The molecule has 7 heteroatoms. The molecule has 1 aliphatic heterocycles. The average molecular weight is 434 g/mol. The molecule has 0 bridgehead atoms. The summed E-state index contributed by atoms with van der Waals surface area (Å²) in [6.45, 7) is 3.58. The van der Waals surface area contributed by atoms with Gasteiger partial charge in [0, 0.05) is 13.0 Å². The van der Waals surface area contributed by atoms with E-state index in [0.717, 1.165) is 17.7 Å². The molecular weight excluding hydrogens is 414 g/mol. The third-order valence-electron chi connectivity index (χ3n) is 4.02. The van der Waals surface area contributed by atoms with Gasteiger partial charge < -0.3 is 9.47 Å². The van der Waals surface area contributed by atoms with Crippen LogP contribution in [0.15, 0.2) is 53.4 Å². The number of amides is 1. The molecule has 0 aromatic heterocycles. The highest BCUT2D eigenvalue weighted by Gasteiger charge is 2.30. The Morgan fingerprint density at radius 1 is 1.11 bits per heavy atom. The van der Waals surface area contributed by atoms with Crippen molar-refractivity contribution in [2.75, 3.05) is 19.8 Å². The summed E-state index contributed by atoms with van der Waals surface area (Å²) in [5.74, 6) is 1.43. The van der Waals surface area contributed by atoms with Gasteiger partial charge in [0.05, 0.1) is 23.1 Å². The van der Waals surface area contributed by atoms with Crippen LogP contribution in [0.5, 0.6) is 11.5 Å². The van der Waals surface area contributed by atoms with Crippen LogP contribution in [0.4, 0.5) is 0 Å². The first kappa shape index (κ1) is 20.7. The summed E-state index contributed by atoms with van der Waals surface area (Å²) in [5, 5.41) is 0.606. The normalized spacial score (nSPS) is 15.4. The van der Waals surface area contributed by atoms with E-state index >= 15 is 0 Å². The highest BCUT2D eigenvalue weighted by atomic mass is 35.5. The Morgan fingerprint density at radius 2 is 1.82 bits per heavy atom. The predicted molar refractivity (Wildman–Crippen MR) is 119 cm³/mol. The van der Waals surface area contributed by atoms with Gasteiger partial charge in [-0.3, -0.25) is 9.69 Å². The van der Waals surface area contributed by atoms with E-state index in [1.54, 1.807) is 11.0 Å². The molecule has 28 heavy (non-hydrogen) atoms. The monoisotopic (exact) mass is 433 g/mol. The summed E-state index contributed by atoms with van der Waals surface area (Å²) in [5.41, 5.74) is 0.936. The van der Waals surface area contributed by atoms with Gasteiger partial charge in [-0.15, -0.1) is 0 Å². The number of rotatable bonds is 8. The lowest BCUT2D eigenvalue weighted by Gasteiger charge is -2.09. The van der Waals surface area contributed by atoms with Gasteiger partial charge in [0.15, 0.2) is 0 Å². The number of thiocarbonyl (C=S) groups is 1. The van der Waals surface area contributed by atoms with Crippen LogP contribution in [0, 0.1) is 0 Å². The second kappa shape index (κ2) is 9.96. The number of benzene rings is 2. The number of nitrogens with zero attached hydrogens (tertiary/aromatic N) is 1. The Balaban J connectivity index is 1.46. The maximum absolute atomic E-state index is 12.2. The average Bonchev–Trinajstić information content (AvgIpc) is 2.96.